The van der Waals surface area contributed by atoms with Gasteiger partial charge in [-0.15, -0.1) is 11.3 Å². The zero-order valence-electron chi connectivity index (χ0n) is 10.4. The average molecular weight is 279 g/mol. The fourth-order valence-electron chi connectivity index (χ4n) is 1.80. The number of thiazole rings is 1. The van der Waals surface area contributed by atoms with Gasteiger partial charge in [0.05, 0.1) is 28.9 Å². The van der Waals surface area contributed by atoms with Crippen LogP contribution in [0.5, 0.6) is 0 Å². The Morgan fingerprint density at radius 1 is 1.37 bits per heavy atom. The van der Waals surface area contributed by atoms with E-state index in [2.05, 4.69) is 4.98 Å². The van der Waals surface area contributed by atoms with Crippen LogP contribution < -0.4 is 4.90 Å². The Kier molecular flexibility index (Phi) is 3.76. The van der Waals surface area contributed by atoms with Crippen LogP contribution >= 0.6 is 11.3 Å². The van der Waals surface area contributed by atoms with Crippen LogP contribution in [0.25, 0.3) is 0 Å². The molecule has 1 aromatic carbocycles. The molecule has 2 aromatic rings. The summed E-state index contributed by atoms with van der Waals surface area (Å²) in [6.45, 7) is 2.18. The van der Waals surface area contributed by atoms with Crippen LogP contribution in [0.15, 0.2) is 17.5 Å². The Balaban J connectivity index is 2.29. The molecule has 0 saturated heterocycles. The molecule has 0 fully saturated rings. The van der Waals surface area contributed by atoms with Gasteiger partial charge in [-0.05, 0) is 19.1 Å². The van der Waals surface area contributed by atoms with Gasteiger partial charge in [0.2, 0.25) is 0 Å². The van der Waals surface area contributed by atoms with Crippen molar-refractivity contribution in [1.82, 2.24) is 4.98 Å². The summed E-state index contributed by atoms with van der Waals surface area (Å²) in [7, 11) is 1.59. The van der Waals surface area contributed by atoms with E-state index < -0.39 is 11.6 Å². The Morgan fingerprint density at radius 3 is 2.47 bits per heavy atom. The normalized spacial score (nSPS) is 10.3. The molecule has 3 nitrogen and oxygen atoms in total. The lowest BCUT2D eigenvalue weighted by Gasteiger charge is -2.19. The minimum Gasteiger partial charge on any atom is -0.364 e. The fraction of sp³-hybridized carbons (Fsp3) is 0.231. The Labute approximate surface area is 113 Å². The average Bonchev–Trinajstić information content (AvgIpc) is 2.73. The van der Waals surface area contributed by atoms with Crippen LogP contribution in [0.1, 0.15) is 16.3 Å². The highest BCUT2D eigenvalue weighted by atomic mass is 32.1. The summed E-state index contributed by atoms with van der Waals surface area (Å²) in [6, 6.07) is 3.78. The quantitative estimate of drug-likeness (QED) is 0.866. The van der Waals surface area contributed by atoms with Crippen molar-refractivity contribution < 1.29 is 8.78 Å². The summed E-state index contributed by atoms with van der Waals surface area (Å²) >= 11 is 1.49. The van der Waals surface area contributed by atoms with E-state index in [9.17, 15) is 8.78 Å². The van der Waals surface area contributed by atoms with Gasteiger partial charge in [0, 0.05) is 12.4 Å². The van der Waals surface area contributed by atoms with Gasteiger partial charge in [0.15, 0.2) is 11.6 Å². The van der Waals surface area contributed by atoms with Crippen molar-refractivity contribution in [2.24, 2.45) is 0 Å². The largest absolute Gasteiger partial charge is 0.364 e. The predicted molar refractivity (Wildman–Crippen MR) is 70.0 cm³/mol. The molecule has 98 valence electrons. The van der Waals surface area contributed by atoms with E-state index in [4.69, 9.17) is 5.26 Å². The molecule has 0 unspecified atom stereocenters. The van der Waals surface area contributed by atoms with Gasteiger partial charge in [-0.2, -0.15) is 5.26 Å². The van der Waals surface area contributed by atoms with Crippen molar-refractivity contribution in [3.05, 3.63) is 45.4 Å². The zero-order valence-corrected chi connectivity index (χ0v) is 11.3. The topological polar surface area (TPSA) is 39.9 Å². The first kappa shape index (κ1) is 13.4. The molecule has 0 atom stereocenters. The maximum atomic E-state index is 13.8. The van der Waals surface area contributed by atoms with Crippen LogP contribution in [-0.2, 0) is 6.54 Å². The van der Waals surface area contributed by atoms with Gasteiger partial charge in [-0.3, -0.25) is 0 Å². The van der Waals surface area contributed by atoms with Gasteiger partial charge in [-0.1, -0.05) is 0 Å². The van der Waals surface area contributed by atoms with Gasteiger partial charge in [-0.25, -0.2) is 13.8 Å². The van der Waals surface area contributed by atoms with Gasteiger partial charge >= 0.3 is 0 Å². The van der Waals surface area contributed by atoms with Gasteiger partial charge < -0.3 is 4.90 Å². The van der Waals surface area contributed by atoms with E-state index in [-0.39, 0.29) is 11.3 Å². The SMILES string of the molecule is Cc1nc(CN(C)c2c(F)cc(C#N)cc2F)cs1. The summed E-state index contributed by atoms with van der Waals surface area (Å²) in [5.41, 5.74) is 0.578. The van der Waals surface area contributed by atoms with Crippen molar-refractivity contribution in [2.75, 3.05) is 11.9 Å². The minimum atomic E-state index is -0.744. The molecular weight excluding hydrogens is 268 g/mol. The van der Waals surface area contributed by atoms with Crippen molar-refractivity contribution in [2.45, 2.75) is 13.5 Å². The summed E-state index contributed by atoms with van der Waals surface area (Å²) in [6.07, 6.45) is 0. The predicted octanol–water partition coefficient (Wildman–Crippen LogP) is 3.24. The first-order valence-electron chi connectivity index (χ1n) is 5.52. The third-order valence-electron chi connectivity index (χ3n) is 2.59. The van der Waals surface area contributed by atoms with Crippen molar-refractivity contribution in [3.63, 3.8) is 0 Å². The number of aromatic nitrogens is 1. The number of hydrogen-bond donors (Lipinski definition) is 0. The Hall–Kier alpha value is -2.00. The van der Waals surface area contributed by atoms with E-state index in [1.165, 1.54) is 16.2 Å². The maximum absolute atomic E-state index is 13.8. The van der Waals surface area contributed by atoms with Crippen LogP contribution in [0.2, 0.25) is 0 Å². The highest BCUT2D eigenvalue weighted by molar-refractivity contribution is 7.09. The highest BCUT2D eigenvalue weighted by Crippen LogP contribution is 2.25. The number of hydrogen-bond acceptors (Lipinski definition) is 4. The van der Waals surface area contributed by atoms with Crippen molar-refractivity contribution in [1.29, 1.82) is 5.26 Å². The van der Waals surface area contributed by atoms with E-state index in [0.717, 1.165) is 22.8 Å². The lowest BCUT2D eigenvalue weighted by Crippen LogP contribution is -2.19. The monoisotopic (exact) mass is 279 g/mol. The standard InChI is InChI=1S/C13H11F2N3S/c1-8-17-10(7-19-8)6-18(2)13-11(14)3-9(5-16)4-12(13)15/h3-4,7H,6H2,1-2H3. The smallest absolute Gasteiger partial charge is 0.150 e. The number of rotatable bonds is 3. The number of halogens is 2. The second kappa shape index (κ2) is 5.33. The first-order chi connectivity index (χ1) is 9.01. The molecule has 0 saturated carbocycles. The molecule has 0 bridgehead atoms. The fourth-order valence-corrected chi connectivity index (χ4v) is 2.40. The molecule has 0 N–H and O–H groups in total. The molecule has 0 aliphatic rings. The summed E-state index contributed by atoms with van der Waals surface area (Å²) in [4.78, 5) is 5.69. The maximum Gasteiger partial charge on any atom is 0.150 e. The molecule has 1 aromatic heterocycles. The molecule has 6 heteroatoms. The van der Waals surface area contributed by atoms with Crippen LogP contribution in [0.4, 0.5) is 14.5 Å². The van der Waals surface area contributed by atoms with Crippen molar-refractivity contribution >= 4 is 17.0 Å². The number of benzene rings is 1. The Bertz CT molecular complexity index is 623. The molecular formula is C13H11F2N3S. The third kappa shape index (κ3) is 2.88. The zero-order chi connectivity index (χ0) is 14.0. The van der Waals surface area contributed by atoms with E-state index in [1.807, 2.05) is 12.3 Å². The summed E-state index contributed by atoms with van der Waals surface area (Å²) in [5.74, 6) is -1.49. The third-order valence-corrected chi connectivity index (χ3v) is 3.42. The number of nitriles is 1. The number of anilines is 1. The second-order valence-electron chi connectivity index (χ2n) is 4.11. The first-order valence-corrected chi connectivity index (χ1v) is 6.40. The number of aryl methyl sites for hydroxylation is 1. The molecule has 0 radical (unpaired) electrons. The molecule has 0 aliphatic carbocycles. The molecule has 19 heavy (non-hydrogen) atoms. The van der Waals surface area contributed by atoms with E-state index in [1.54, 1.807) is 13.1 Å². The Morgan fingerprint density at radius 2 is 2.00 bits per heavy atom. The van der Waals surface area contributed by atoms with Crippen LogP contribution in [0, 0.1) is 29.9 Å². The molecule has 0 spiro atoms. The second-order valence-corrected chi connectivity index (χ2v) is 5.18. The number of nitrogens with zero attached hydrogens (tertiary/aromatic N) is 3. The van der Waals surface area contributed by atoms with Gasteiger partial charge in [0.1, 0.15) is 5.69 Å². The lowest BCUT2D eigenvalue weighted by molar-refractivity contribution is 0.575. The molecule has 1 heterocycles. The summed E-state index contributed by atoms with van der Waals surface area (Å²) < 4.78 is 27.6. The van der Waals surface area contributed by atoms with E-state index >= 15 is 0 Å². The highest BCUT2D eigenvalue weighted by Gasteiger charge is 2.16. The van der Waals surface area contributed by atoms with Crippen LogP contribution in [-0.4, -0.2) is 12.0 Å². The van der Waals surface area contributed by atoms with E-state index in [0.29, 0.717) is 6.54 Å². The van der Waals surface area contributed by atoms with Crippen molar-refractivity contribution in [3.8, 4) is 6.07 Å². The molecule has 0 amide bonds. The van der Waals surface area contributed by atoms with Gasteiger partial charge in [0.25, 0.3) is 0 Å². The summed E-state index contributed by atoms with van der Waals surface area (Å²) in [5, 5.41) is 11.4. The molecule has 0 aliphatic heterocycles. The lowest BCUT2D eigenvalue weighted by atomic mass is 10.2. The molecule has 2 rings (SSSR count). The minimum absolute atomic E-state index is 0.0309. The van der Waals surface area contributed by atoms with Crippen LogP contribution in [0.3, 0.4) is 0 Å².